The predicted molar refractivity (Wildman–Crippen MR) is 127 cm³/mol. The Morgan fingerprint density at radius 1 is 1.06 bits per heavy atom. The van der Waals surface area contributed by atoms with E-state index in [1.807, 2.05) is 24.3 Å². The van der Waals surface area contributed by atoms with Crippen LogP contribution in [-0.4, -0.2) is 66.8 Å². The number of methoxy groups -OCH3 is 2. The van der Waals surface area contributed by atoms with Gasteiger partial charge in [0, 0.05) is 38.3 Å². The topological polar surface area (TPSA) is 127 Å². The first-order valence-corrected chi connectivity index (χ1v) is 11.9. The second-order valence-electron chi connectivity index (χ2n) is 9.75. The maximum Gasteiger partial charge on any atom is 0.235 e. The van der Waals surface area contributed by atoms with E-state index < -0.39 is 17.6 Å². The number of nitrogens with two attached hydrogens (primary N) is 1. The van der Waals surface area contributed by atoms with Crippen LogP contribution in [0.2, 0.25) is 0 Å². The molecule has 3 fully saturated rings. The van der Waals surface area contributed by atoms with Crippen LogP contribution in [0.5, 0.6) is 11.5 Å². The summed E-state index contributed by atoms with van der Waals surface area (Å²) < 4.78 is 22.4. The Balaban J connectivity index is 1.35. The lowest BCUT2D eigenvalue weighted by atomic mass is 9.84. The second kappa shape index (κ2) is 8.29. The van der Waals surface area contributed by atoms with Gasteiger partial charge in [-0.1, -0.05) is 30.3 Å². The van der Waals surface area contributed by atoms with E-state index in [0.717, 1.165) is 11.1 Å². The highest BCUT2D eigenvalue weighted by Gasteiger charge is 2.66. The fourth-order valence-corrected chi connectivity index (χ4v) is 6.27. The fourth-order valence-electron chi connectivity index (χ4n) is 6.27. The van der Waals surface area contributed by atoms with E-state index in [-0.39, 0.29) is 43.1 Å². The molecule has 0 aliphatic carbocycles. The number of nitrogen functional groups attached to an aromatic ring is 1. The molecule has 10 nitrogen and oxygen atoms in total. The van der Waals surface area contributed by atoms with Crippen molar-refractivity contribution in [2.75, 3.05) is 27.6 Å². The first-order chi connectivity index (χ1) is 17.4. The van der Waals surface area contributed by atoms with Crippen LogP contribution in [-0.2, 0) is 25.6 Å². The van der Waals surface area contributed by atoms with Crippen molar-refractivity contribution in [1.29, 1.82) is 5.41 Å². The molecule has 10 heteroatoms. The molecule has 36 heavy (non-hydrogen) atoms. The number of hydrogen-bond donors (Lipinski definition) is 2. The zero-order chi connectivity index (χ0) is 25.2. The van der Waals surface area contributed by atoms with Crippen molar-refractivity contribution in [2.24, 2.45) is 17.6 Å². The number of imide groups is 1. The molecule has 2 amide bonds. The quantitative estimate of drug-likeness (QED) is 0.270. The lowest BCUT2D eigenvalue weighted by molar-refractivity contribution is -0.198. The first-order valence-electron chi connectivity index (χ1n) is 11.9. The van der Waals surface area contributed by atoms with Crippen LogP contribution in [0.1, 0.15) is 29.2 Å². The minimum Gasteiger partial charge on any atom is -0.454 e. The minimum absolute atomic E-state index is 0.0234. The van der Waals surface area contributed by atoms with Crippen molar-refractivity contribution in [3.8, 4) is 11.5 Å². The monoisotopic (exact) mass is 492 g/mol. The van der Waals surface area contributed by atoms with Crippen molar-refractivity contribution >= 4 is 17.6 Å². The van der Waals surface area contributed by atoms with Crippen LogP contribution in [0.15, 0.2) is 42.5 Å². The van der Waals surface area contributed by atoms with Crippen LogP contribution in [0.3, 0.4) is 0 Å². The normalized spacial score (nSPS) is 28.0. The zero-order valence-corrected chi connectivity index (χ0v) is 20.1. The largest absolute Gasteiger partial charge is 0.454 e. The Morgan fingerprint density at radius 2 is 1.75 bits per heavy atom. The van der Waals surface area contributed by atoms with Gasteiger partial charge in [-0.15, -0.1) is 0 Å². The smallest absolute Gasteiger partial charge is 0.235 e. The Hall–Kier alpha value is -3.47. The molecule has 0 saturated carbocycles. The summed E-state index contributed by atoms with van der Waals surface area (Å²) >= 11 is 0. The number of carbonyl (C=O) groups excluding carboxylic acids is 2. The summed E-state index contributed by atoms with van der Waals surface area (Å²) in [6.45, 7) is 0.774. The number of nitrogens with one attached hydrogen (secondary N) is 1. The summed E-state index contributed by atoms with van der Waals surface area (Å²) in [6.07, 6.45) is 0.486. The molecule has 0 bridgehead atoms. The predicted octanol–water partition coefficient (Wildman–Crippen LogP) is 1.62. The molecular weight excluding hydrogens is 464 g/mol. The first kappa shape index (κ1) is 23.0. The number of hydrogen-bond acceptors (Lipinski definition) is 8. The van der Waals surface area contributed by atoms with Crippen molar-refractivity contribution in [2.45, 2.75) is 30.8 Å². The molecule has 3 saturated heterocycles. The molecule has 2 aromatic carbocycles. The van der Waals surface area contributed by atoms with Gasteiger partial charge in [0.1, 0.15) is 5.84 Å². The van der Waals surface area contributed by atoms with Gasteiger partial charge in [-0.2, -0.15) is 0 Å². The minimum atomic E-state index is -0.846. The Bertz CT molecular complexity index is 1240. The van der Waals surface area contributed by atoms with E-state index in [2.05, 4.69) is 4.90 Å². The van der Waals surface area contributed by atoms with Gasteiger partial charge < -0.3 is 24.7 Å². The molecule has 3 N–H and O–H groups in total. The summed E-state index contributed by atoms with van der Waals surface area (Å²) in [4.78, 5) is 31.2. The Kier molecular flexibility index (Phi) is 5.29. The average Bonchev–Trinajstić information content (AvgIpc) is 3.62. The molecule has 6 rings (SSSR count). The molecule has 4 aliphatic heterocycles. The third-order valence-electron chi connectivity index (χ3n) is 8.06. The molecule has 0 spiro atoms. The van der Waals surface area contributed by atoms with Gasteiger partial charge in [-0.3, -0.25) is 24.8 Å². The van der Waals surface area contributed by atoms with E-state index >= 15 is 0 Å². The number of benzene rings is 2. The lowest BCUT2D eigenvalue weighted by Gasteiger charge is -2.31. The zero-order valence-electron chi connectivity index (χ0n) is 20.1. The number of likely N-dealkylation sites (tertiary alicyclic amines) is 1. The molecule has 0 unspecified atom stereocenters. The van der Waals surface area contributed by atoms with E-state index in [1.54, 1.807) is 32.4 Å². The number of nitrogens with zero attached hydrogens (tertiary/aromatic N) is 2. The molecule has 4 aliphatic rings. The molecule has 4 atom stereocenters. The standard InChI is InChI=1S/C26H28N4O6/c1-33-26(34-2)10-17-20-21(22(30(17)12-26)15-4-6-16(7-5-15)23(27)28)25(32)29(24(20)31)11-14-3-8-18-19(9-14)36-13-35-18/h3-9,17,20-22H,10-13H2,1-2H3,(H3,27,28)/t17-,20-,21-,22-/m1/s1. The van der Waals surface area contributed by atoms with Gasteiger partial charge in [0.05, 0.1) is 24.9 Å². The molecule has 0 radical (unpaired) electrons. The van der Waals surface area contributed by atoms with Crippen molar-refractivity contribution in [1.82, 2.24) is 9.80 Å². The van der Waals surface area contributed by atoms with Crippen molar-refractivity contribution in [3.63, 3.8) is 0 Å². The molecular formula is C26H28N4O6. The van der Waals surface area contributed by atoms with Gasteiger partial charge in [0.2, 0.25) is 18.6 Å². The number of fused-ring (bicyclic) bond motifs is 4. The summed E-state index contributed by atoms with van der Waals surface area (Å²) in [6, 6.07) is 12.3. The van der Waals surface area contributed by atoms with Gasteiger partial charge in [-0.05, 0) is 23.3 Å². The maximum absolute atomic E-state index is 13.8. The lowest BCUT2D eigenvalue weighted by Crippen LogP contribution is -2.40. The third-order valence-corrected chi connectivity index (χ3v) is 8.06. The SMILES string of the molecule is COC1(OC)C[C@@H]2[C@H]3C(=O)N(Cc4ccc5c(c4)OCO5)C(=O)[C@H]3[C@@H](c3ccc(C(=N)N)cc3)N2C1. The van der Waals surface area contributed by atoms with Crippen molar-refractivity contribution in [3.05, 3.63) is 59.2 Å². The Morgan fingerprint density at radius 3 is 2.44 bits per heavy atom. The number of rotatable bonds is 6. The maximum atomic E-state index is 13.8. The van der Waals surface area contributed by atoms with E-state index in [4.69, 9.17) is 30.1 Å². The summed E-state index contributed by atoms with van der Waals surface area (Å²) in [5, 5.41) is 7.70. The van der Waals surface area contributed by atoms with Crippen LogP contribution in [0, 0.1) is 17.2 Å². The summed E-state index contributed by atoms with van der Waals surface area (Å²) in [7, 11) is 3.21. The highest BCUT2D eigenvalue weighted by Crippen LogP contribution is 2.55. The van der Waals surface area contributed by atoms with Crippen molar-refractivity contribution < 1.29 is 28.5 Å². The average molecular weight is 493 g/mol. The van der Waals surface area contributed by atoms with Gasteiger partial charge in [-0.25, -0.2) is 0 Å². The van der Waals surface area contributed by atoms with Gasteiger partial charge in [0.15, 0.2) is 17.3 Å². The van der Waals surface area contributed by atoms with Crippen LogP contribution < -0.4 is 15.2 Å². The van der Waals surface area contributed by atoms with E-state index in [0.29, 0.717) is 30.0 Å². The van der Waals surface area contributed by atoms with Crippen LogP contribution >= 0.6 is 0 Å². The van der Waals surface area contributed by atoms with Gasteiger partial charge in [0.25, 0.3) is 0 Å². The summed E-state index contributed by atoms with van der Waals surface area (Å²) in [5.74, 6) is -0.988. The third kappa shape index (κ3) is 3.32. The molecule has 4 heterocycles. The highest BCUT2D eigenvalue weighted by molar-refractivity contribution is 6.06. The second-order valence-corrected chi connectivity index (χ2v) is 9.75. The fraction of sp³-hybridized carbons (Fsp3) is 0.423. The molecule has 0 aromatic heterocycles. The summed E-state index contributed by atoms with van der Waals surface area (Å²) in [5.41, 5.74) is 7.94. The molecule has 2 aromatic rings. The van der Waals surface area contributed by atoms with E-state index in [1.165, 1.54) is 4.90 Å². The number of amidine groups is 1. The molecule has 188 valence electrons. The van der Waals surface area contributed by atoms with Crippen LogP contribution in [0.25, 0.3) is 0 Å². The van der Waals surface area contributed by atoms with Gasteiger partial charge >= 0.3 is 0 Å². The highest BCUT2D eigenvalue weighted by atomic mass is 16.7. The Labute approximate surface area is 208 Å². The van der Waals surface area contributed by atoms with Crippen LogP contribution in [0.4, 0.5) is 0 Å². The number of ether oxygens (including phenoxy) is 4. The van der Waals surface area contributed by atoms with E-state index in [9.17, 15) is 9.59 Å². The number of amides is 2. The number of carbonyl (C=O) groups is 2.